The minimum Gasteiger partial charge on any atom is -0.396 e. The maximum atomic E-state index is 8.77. The fourth-order valence-corrected chi connectivity index (χ4v) is 3.67. The Morgan fingerprint density at radius 1 is 1.00 bits per heavy atom. The molecule has 2 fully saturated rings. The number of unbranched alkanes of at least 4 members (excludes halogenated alkanes) is 3. The minimum absolute atomic E-state index is 0.363. The van der Waals surface area contributed by atoms with E-state index in [1.807, 2.05) is 0 Å². The first-order valence-electron chi connectivity index (χ1n) is 7.97. The third kappa shape index (κ3) is 4.22. The van der Waals surface area contributed by atoms with E-state index in [1.165, 1.54) is 71.1 Å². The van der Waals surface area contributed by atoms with E-state index in [0.29, 0.717) is 6.61 Å². The Hall–Kier alpha value is -0.120. The topological polar surface area (TPSA) is 35.5 Å². The van der Waals surface area contributed by atoms with Gasteiger partial charge in [0.25, 0.3) is 0 Å². The van der Waals surface area contributed by atoms with Crippen molar-refractivity contribution in [3.8, 4) is 0 Å². The highest BCUT2D eigenvalue weighted by Gasteiger charge is 2.31. The van der Waals surface area contributed by atoms with Crippen LogP contribution >= 0.6 is 0 Å². The molecular weight excluding hydrogens is 224 g/mol. The van der Waals surface area contributed by atoms with Crippen LogP contribution in [0.3, 0.4) is 0 Å². The van der Waals surface area contributed by atoms with Crippen molar-refractivity contribution in [1.82, 2.24) is 10.2 Å². The molecule has 3 heteroatoms. The van der Waals surface area contributed by atoms with Gasteiger partial charge in [0, 0.05) is 12.6 Å². The van der Waals surface area contributed by atoms with Gasteiger partial charge in [0.05, 0.1) is 0 Å². The van der Waals surface area contributed by atoms with Gasteiger partial charge in [-0.2, -0.15) is 0 Å². The van der Waals surface area contributed by atoms with E-state index < -0.39 is 0 Å². The molecule has 2 saturated heterocycles. The number of likely N-dealkylation sites (tertiary alicyclic amines) is 1. The highest BCUT2D eigenvalue weighted by Crippen LogP contribution is 2.29. The summed E-state index contributed by atoms with van der Waals surface area (Å²) in [7, 11) is 0. The third-order valence-corrected chi connectivity index (χ3v) is 4.70. The molecule has 0 spiro atoms. The van der Waals surface area contributed by atoms with Gasteiger partial charge in [-0.1, -0.05) is 12.8 Å². The van der Waals surface area contributed by atoms with Crippen molar-refractivity contribution >= 4 is 0 Å². The molecule has 106 valence electrons. The summed E-state index contributed by atoms with van der Waals surface area (Å²) in [5.41, 5.74) is 0. The lowest BCUT2D eigenvalue weighted by Crippen LogP contribution is -2.41. The average molecular weight is 254 g/mol. The van der Waals surface area contributed by atoms with Crippen LogP contribution in [-0.4, -0.2) is 48.8 Å². The van der Waals surface area contributed by atoms with Crippen molar-refractivity contribution in [2.45, 2.75) is 57.4 Å². The molecule has 18 heavy (non-hydrogen) atoms. The first kappa shape index (κ1) is 14.3. The fourth-order valence-electron chi connectivity index (χ4n) is 3.67. The third-order valence-electron chi connectivity index (χ3n) is 4.70. The van der Waals surface area contributed by atoms with Gasteiger partial charge in [0.1, 0.15) is 0 Å². The number of aliphatic hydroxyl groups excluding tert-OH is 1. The molecule has 0 aromatic rings. The van der Waals surface area contributed by atoms with Gasteiger partial charge in [0.15, 0.2) is 0 Å². The Morgan fingerprint density at radius 2 is 1.78 bits per heavy atom. The number of nitrogens with one attached hydrogen (secondary N) is 1. The van der Waals surface area contributed by atoms with Crippen molar-refractivity contribution in [3.63, 3.8) is 0 Å². The van der Waals surface area contributed by atoms with Crippen LogP contribution in [0.4, 0.5) is 0 Å². The van der Waals surface area contributed by atoms with Gasteiger partial charge in [-0.25, -0.2) is 0 Å². The summed E-state index contributed by atoms with van der Waals surface area (Å²) in [6.07, 6.45) is 10.4. The molecule has 2 N–H and O–H groups in total. The molecule has 0 aromatic carbocycles. The lowest BCUT2D eigenvalue weighted by atomic mass is 9.88. The monoisotopic (exact) mass is 254 g/mol. The van der Waals surface area contributed by atoms with E-state index in [-0.39, 0.29) is 0 Å². The summed E-state index contributed by atoms with van der Waals surface area (Å²) in [6.45, 7) is 5.44. The van der Waals surface area contributed by atoms with Crippen LogP contribution in [-0.2, 0) is 0 Å². The zero-order chi connectivity index (χ0) is 12.6. The quantitative estimate of drug-likeness (QED) is 0.682. The number of nitrogens with zero attached hydrogens (tertiary/aromatic N) is 1. The Balaban J connectivity index is 1.66. The van der Waals surface area contributed by atoms with Crippen molar-refractivity contribution in [2.75, 3.05) is 32.8 Å². The second-order valence-corrected chi connectivity index (χ2v) is 5.97. The fraction of sp³-hybridized carbons (Fsp3) is 1.00. The summed E-state index contributed by atoms with van der Waals surface area (Å²) in [5, 5.41) is 12.3. The predicted molar refractivity (Wildman–Crippen MR) is 75.7 cm³/mol. The SMILES string of the molecule is OCCCCCCN1CCCC1C1CCNCC1. The average Bonchev–Trinajstić information content (AvgIpc) is 2.88. The van der Waals surface area contributed by atoms with Crippen LogP contribution in [0.1, 0.15) is 51.4 Å². The molecule has 0 radical (unpaired) electrons. The first-order chi connectivity index (χ1) is 8.92. The van der Waals surface area contributed by atoms with Crippen LogP contribution in [0.2, 0.25) is 0 Å². The molecule has 1 atom stereocenters. The van der Waals surface area contributed by atoms with Crippen molar-refractivity contribution < 1.29 is 5.11 Å². The highest BCUT2D eigenvalue weighted by atomic mass is 16.2. The molecule has 2 rings (SSSR count). The van der Waals surface area contributed by atoms with Crippen LogP contribution < -0.4 is 5.32 Å². The molecule has 0 aromatic heterocycles. The molecule has 0 bridgehead atoms. The summed E-state index contributed by atoms with van der Waals surface area (Å²) in [5.74, 6) is 0.950. The molecular formula is C15H30N2O. The highest BCUT2D eigenvalue weighted by molar-refractivity contribution is 4.87. The number of hydrogen-bond donors (Lipinski definition) is 2. The van der Waals surface area contributed by atoms with Crippen molar-refractivity contribution in [1.29, 1.82) is 0 Å². The maximum absolute atomic E-state index is 8.77. The second kappa shape index (κ2) is 8.13. The molecule has 2 aliphatic rings. The summed E-state index contributed by atoms with van der Waals surface area (Å²) in [6, 6.07) is 0.880. The number of hydrogen-bond acceptors (Lipinski definition) is 3. The van der Waals surface area contributed by atoms with Gasteiger partial charge < -0.3 is 15.3 Å². The normalized spacial score (nSPS) is 26.8. The van der Waals surface area contributed by atoms with E-state index in [1.54, 1.807) is 0 Å². The Labute approximate surface area is 112 Å². The van der Waals surface area contributed by atoms with Crippen molar-refractivity contribution in [2.24, 2.45) is 5.92 Å². The van der Waals surface area contributed by atoms with E-state index >= 15 is 0 Å². The summed E-state index contributed by atoms with van der Waals surface area (Å²) < 4.78 is 0. The molecule has 3 nitrogen and oxygen atoms in total. The van der Waals surface area contributed by atoms with Crippen LogP contribution in [0.25, 0.3) is 0 Å². The van der Waals surface area contributed by atoms with Crippen LogP contribution in [0.15, 0.2) is 0 Å². The molecule has 2 heterocycles. The van der Waals surface area contributed by atoms with Gasteiger partial charge in [-0.05, 0) is 70.6 Å². The zero-order valence-corrected chi connectivity index (χ0v) is 11.7. The smallest absolute Gasteiger partial charge is 0.0431 e. The standard InChI is InChI=1S/C15H30N2O/c18-13-4-2-1-3-11-17-12-5-6-15(17)14-7-9-16-10-8-14/h14-16,18H,1-13H2. The van der Waals surface area contributed by atoms with E-state index in [2.05, 4.69) is 10.2 Å². The lowest BCUT2D eigenvalue weighted by Gasteiger charge is -2.34. The van der Waals surface area contributed by atoms with Crippen LogP contribution in [0, 0.1) is 5.92 Å². The second-order valence-electron chi connectivity index (χ2n) is 5.97. The predicted octanol–water partition coefficient (Wildman–Crippen LogP) is 2.00. The molecule has 0 aliphatic carbocycles. The van der Waals surface area contributed by atoms with Crippen LogP contribution in [0.5, 0.6) is 0 Å². The summed E-state index contributed by atoms with van der Waals surface area (Å²) >= 11 is 0. The van der Waals surface area contributed by atoms with Gasteiger partial charge in [-0.3, -0.25) is 0 Å². The first-order valence-corrected chi connectivity index (χ1v) is 7.97. The Kier molecular flexibility index (Phi) is 6.46. The lowest BCUT2D eigenvalue weighted by molar-refractivity contribution is 0.159. The number of rotatable bonds is 7. The van der Waals surface area contributed by atoms with E-state index in [0.717, 1.165) is 18.4 Å². The minimum atomic E-state index is 0.363. The number of piperidine rings is 1. The van der Waals surface area contributed by atoms with E-state index in [4.69, 9.17) is 5.11 Å². The summed E-state index contributed by atoms with van der Waals surface area (Å²) in [4.78, 5) is 2.76. The Bertz CT molecular complexity index is 217. The molecule has 2 aliphatic heterocycles. The van der Waals surface area contributed by atoms with E-state index in [9.17, 15) is 0 Å². The molecule has 0 saturated carbocycles. The Morgan fingerprint density at radius 3 is 2.56 bits per heavy atom. The van der Waals surface area contributed by atoms with Crippen molar-refractivity contribution in [3.05, 3.63) is 0 Å². The van der Waals surface area contributed by atoms with Gasteiger partial charge in [-0.15, -0.1) is 0 Å². The largest absolute Gasteiger partial charge is 0.396 e. The van der Waals surface area contributed by atoms with Gasteiger partial charge in [0.2, 0.25) is 0 Å². The maximum Gasteiger partial charge on any atom is 0.0431 e. The molecule has 0 amide bonds. The zero-order valence-electron chi connectivity index (χ0n) is 11.7. The van der Waals surface area contributed by atoms with Gasteiger partial charge >= 0.3 is 0 Å². The molecule has 1 unspecified atom stereocenters. The number of aliphatic hydroxyl groups is 1.